The van der Waals surface area contributed by atoms with Gasteiger partial charge in [0.15, 0.2) is 0 Å². The van der Waals surface area contributed by atoms with Crippen molar-refractivity contribution in [3.05, 3.63) is 210 Å². The van der Waals surface area contributed by atoms with Crippen LogP contribution in [0.25, 0.3) is 0 Å². The molecule has 11 heteroatoms. The second-order valence-electron chi connectivity index (χ2n) is 13.3. The van der Waals surface area contributed by atoms with Gasteiger partial charge in [-0.05, 0) is 83.2 Å². The third-order valence-corrected chi connectivity index (χ3v) is 9.12. The average Bonchev–Trinajstić information content (AvgIpc) is 3.26. The Labute approximate surface area is 338 Å². The lowest BCUT2D eigenvalue weighted by Crippen LogP contribution is -2.22. The van der Waals surface area contributed by atoms with Crippen LogP contribution in [0.4, 0.5) is 0 Å². The maximum Gasteiger partial charge on any atom is 0.254 e. The van der Waals surface area contributed by atoms with E-state index in [4.69, 9.17) is 20.9 Å². The molecule has 3 aromatic heterocycles. The van der Waals surface area contributed by atoms with E-state index in [1.807, 2.05) is 72.9 Å². The summed E-state index contributed by atoms with van der Waals surface area (Å²) >= 11 is 0. The Hall–Kier alpha value is -7.21. The number of rotatable bonds is 17. The molecule has 0 atom stereocenters. The molecule has 3 heterocycles. The molecule has 7 rings (SSSR count). The fraction of sp³-hybridized carbons (Fsp3) is 0.128. The van der Waals surface area contributed by atoms with Crippen LogP contribution in [0.2, 0.25) is 0 Å². The van der Waals surface area contributed by atoms with Crippen LogP contribution < -0.4 is 31.6 Å². The summed E-state index contributed by atoms with van der Waals surface area (Å²) < 4.78 is 11.6. The second-order valence-corrected chi connectivity index (χ2v) is 13.3. The number of nitrogens with one attached hydrogen (secondary N) is 2. The van der Waals surface area contributed by atoms with Gasteiger partial charge in [0.25, 0.3) is 11.8 Å². The number of carbonyl (C=O) groups excluding carboxylic acids is 2. The van der Waals surface area contributed by atoms with Crippen molar-refractivity contribution in [3.8, 4) is 23.0 Å². The van der Waals surface area contributed by atoms with E-state index in [1.165, 1.54) is 29.1 Å². The van der Waals surface area contributed by atoms with E-state index in [9.17, 15) is 9.59 Å². The van der Waals surface area contributed by atoms with Gasteiger partial charge in [-0.1, -0.05) is 91.0 Å². The highest BCUT2D eigenvalue weighted by Crippen LogP contribution is 2.27. The number of pyridine rings is 3. The molecule has 2 amide bonds. The molecule has 0 aliphatic carbocycles. The van der Waals surface area contributed by atoms with E-state index < -0.39 is 11.8 Å². The topological polar surface area (TPSA) is 167 Å². The predicted molar refractivity (Wildman–Crippen MR) is 225 cm³/mol. The minimum atomic E-state index is -0.569. The van der Waals surface area contributed by atoms with Crippen LogP contribution >= 0.6 is 0 Å². The summed E-state index contributed by atoms with van der Waals surface area (Å²) in [7, 11) is 0. The number of hydrogen-bond donors (Lipinski definition) is 4. The van der Waals surface area contributed by atoms with E-state index in [2.05, 4.69) is 80.2 Å². The Bertz CT molecular complexity index is 2290. The fourth-order valence-electron chi connectivity index (χ4n) is 6.09. The van der Waals surface area contributed by atoms with E-state index in [0.717, 1.165) is 43.7 Å². The highest BCUT2D eigenvalue weighted by molar-refractivity contribution is 5.95. The first-order valence-corrected chi connectivity index (χ1v) is 18.8. The van der Waals surface area contributed by atoms with Gasteiger partial charge in [-0.3, -0.25) is 24.5 Å². The number of primary amides is 2. The second kappa shape index (κ2) is 21.2. The van der Waals surface area contributed by atoms with Crippen molar-refractivity contribution in [3.63, 3.8) is 0 Å². The predicted octanol–water partition coefficient (Wildman–Crippen LogP) is 7.59. The molecule has 0 unspecified atom stereocenters. The van der Waals surface area contributed by atoms with Crippen LogP contribution in [0, 0.1) is 0 Å². The lowest BCUT2D eigenvalue weighted by molar-refractivity contribution is 0.0989. The van der Waals surface area contributed by atoms with Gasteiger partial charge >= 0.3 is 0 Å². The van der Waals surface area contributed by atoms with Gasteiger partial charge in [0.2, 0.25) is 0 Å². The molecule has 11 nitrogen and oxygen atoms in total. The Kier molecular flexibility index (Phi) is 14.8. The molecule has 0 fully saturated rings. The third kappa shape index (κ3) is 12.1. The Morgan fingerprint density at radius 3 is 1.47 bits per heavy atom. The molecule has 4 aromatic carbocycles. The minimum Gasteiger partial charge on any atom is -0.456 e. The van der Waals surface area contributed by atoms with Crippen molar-refractivity contribution < 1.29 is 19.1 Å². The third-order valence-electron chi connectivity index (χ3n) is 9.12. The van der Waals surface area contributed by atoms with Crippen LogP contribution in [0.15, 0.2) is 171 Å². The zero-order valence-corrected chi connectivity index (χ0v) is 31.9. The Balaban J connectivity index is 0.000000200. The molecule has 0 spiro atoms. The molecule has 58 heavy (non-hydrogen) atoms. The number of aromatic nitrogens is 3. The SMILES string of the molecule is NC(=O)c1cnccc1Oc1ccc(CNCC(c2ccccc2)c2ccccc2)cc1.NC(=O)c1cnccc1Oc1ccc(CNCCc2cccnc2)cc1. The molecule has 292 valence electrons. The molecule has 6 N–H and O–H groups in total. The van der Waals surface area contributed by atoms with Crippen LogP contribution in [0.5, 0.6) is 23.0 Å². The van der Waals surface area contributed by atoms with Gasteiger partial charge in [-0.2, -0.15) is 0 Å². The van der Waals surface area contributed by atoms with Crippen molar-refractivity contribution >= 4 is 11.8 Å². The van der Waals surface area contributed by atoms with E-state index in [1.54, 1.807) is 30.7 Å². The van der Waals surface area contributed by atoms with Gasteiger partial charge in [-0.15, -0.1) is 0 Å². The average molecular weight is 772 g/mol. The molecule has 0 radical (unpaired) electrons. The summed E-state index contributed by atoms with van der Waals surface area (Å²) in [6.45, 7) is 3.20. The van der Waals surface area contributed by atoms with Crippen LogP contribution in [0.1, 0.15) is 54.5 Å². The largest absolute Gasteiger partial charge is 0.456 e. The molecule has 0 saturated carbocycles. The normalized spacial score (nSPS) is 10.6. The molecule has 0 bridgehead atoms. The highest BCUT2D eigenvalue weighted by atomic mass is 16.5. The first-order valence-electron chi connectivity index (χ1n) is 18.8. The quantitative estimate of drug-likeness (QED) is 0.0682. The number of carbonyl (C=O) groups is 2. The maximum absolute atomic E-state index is 11.5. The van der Waals surface area contributed by atoms with Crippen molar-refractivity contribution in [2.75, 3.05) is 13.1 Å². The number of amides is 2. The van der Waals surface area contributed by atoms with E-state index in [-0.39, 0.29) is 17.0 Å². The lowest BCUT2D eigenvalue weighted by atomic mass is 9.91. The van der Waals surface area contributed by atoms with E-state index >= 15 is 0 Å². The Morgan fingerprint density at radius 1 is 0.517 bits per heavy atom. The van der Waals surface area contributed by atoms with Gasteiger partial charge in [0.1, 0.15) is 34.1 Å². The summed E-state index contributed by atoms with van der Waals surface area (Å²) in [5, 5.41) is 6.99. The standard InChI is InChI=1S/C27H25N3O2.C20H20N4O2/c28-27(31)25-19-29-16-15-26(25)32-23-13-11-20(12-14-23)17-30-18-24(21-7-3-1-4-8-21)22-9-5-2-6-10-22;21-20(25)18-14-24-11-8-19(18)26-17-5-3-16(4-6-17)13-23-10-7-15-2-1-9-22-12-15/h1-16,19,24,30H,17-18H2,(H2,28,31);1-6,8-9,11-12,14,23H,7,10,13H2,(H2,21,25). The molecule has 0 aliphatic rings. The Morgan fingerprint density at radius 2 is 1.00 bits per heavy atom. The molecule has 7 aromatic rings. The minimum absolute atomic E-state index is 0.256. The molecular weight excluding hydrogens is 727 g/mol. The van der Waals surface area contributed by atoms with Crippen molar-refractivity contribution in [1.82, 2.24) is 25.6 Å². The van der Waals surface area contributed by atoms with Crippen molar-refractivity contribution in [2.45, 2.75) is 25.4 Å². The number of hydrogen-bond acceptors (Lipinski definition) is 9. The molecular formula is C47H45N7O4. The van der Waals surface area contributed by atoms with E-state index in [0.29, 0.717) is 23.0 Å². The van der Waals surface area contributed by atoms with Crippen LogP contribution in [-0.4, -0.2) is 39.9 Å². The van der Waals surface area contributed by atoms with Crippen LogP contribution in [0.3, 0.4) is 0 Å². The lowest BCUT2D eigenvalue weighted by Gasteiger charge is -2.19. The van der Waals surface area contributed by atoms with Gasteiger partial charge in [0, 0.05) is 62.7 Å². The number of benzene rings is 4. The van der Waals surface area contributed by atoms with Crippen molar-refractivity contribution in [1.29, 1.82) is 0 Å². The summed E-state index contributed by atoms with van der Waals surface area (Å²) in [4.78, 5) is 34.9. The zero-order valence-electron chi connectivity index (χ0n) is 31.9. The first-order chi connectivity index (χ1) is 28.4. The zero-order chi connectivity index (χ0) is 40.4. The summed E-state index contributed by atoms with van der Waals surface area (Å²) in [6, 6.07) is 43.8. The first kappa shape index (κ1) is 40.5. The summed E-state index contributed by atoms with van der Waals surface area (Å²) in [5.41, 5.74) is 17.3. The molecule has 0 saturated heterocycles. The number of nitrogens with zero attached hydrogens (tertiary/aromatic N) is 3. The number of nitrogens with two attached hydrogens (primary N) is 2. The van der Waals surface area contributed by atoms with Gasteiger partial charge in [-0.25, -0.2) is 0 Å². The molecule has 0 aliphatic heterocycles. The smallest absolute Gasteiger partial charge is 0.254 e. The fourth-order valence-corrected chi connectivity index (χ4v) is 6.09. The number of ether oxygens (including phenoxy) is 2. The summed E-state index contributed by atoms with van der Waals surface area (Å²) in [5.74, 6) is 1.20. The van der Waals surface area contributed by atoms with Crippen molar-refractivity contribution in [2.24, 2.45) is 11.5 Å². The maximum atomic E-state index is 11.5. The van der Waals surface area contributed by atoms with Gasteiger partial charge in [0.05, 0.1) is 0 Å². The van der Waals surface area contributed by atoms with Crippen LogP contribution in [-0.2, 0) is 19.5 Å². The summed E-state index contributed by atoms with van der Waals surface area (Å²) in [6.07, 6.45) is 10.5. The van der Waals surface area contributed by atoms with Gasteiger partial charge < -0.3 is 31.6 Å². The highest BCUT2D eigenvalue weighted by Gasteiger charge is 2.14. The monoisotopic (exact) mass is 771 g/mol.